The Kier molecular flexibility index (Phi) is 6.22. The quantitative estimate of drug-likeness (QED) is 0.554. The van der Waals surface area contributed by atoms with E-state index in [2.05, 4.69) is 64.1 Å². The molecule has 0 aliphatic rings. The van der Waals surface area contributed by atoms with E-state index in [1.807, 2.05) is 24.3 Å². The van der Waals surface area contributed by atoms with Gasteiger partial charge in [-0.25, -0.2) is 0 Å². The Morgan fingerprint density at radius 1 is 0.652 bits per heavy atom. The minimum Gasteiger partial charge on any atom is -0.457 e. The Hall–Kier alpha value is -2.28. The maximum Gasteiger partial charge on any atom is 0.127 e. The van der Waals surface area contributed by atoms with Gasteiger partial charge in [0.25, 0.3) is 0 Å². The molecule has 0 radical (unpaired) electrons. The van der Waals surface area contributed by atoms with Crippen molar-refractivity contribution in [2.45, 2.75) is 40.5 Å². The number of allylic oxidation sites excluding steroid dienone is 4. The van der Waals surface area contributed by atoms with Gasteiger partial charge < -0.3 is 4.74 Å². The highest BCUT2D eigenvalue weighted by atomic mass is 16.5. The van der Waals surface area contributed by atoms with Crippen molar-refractivity contribution in [3.63, 3.8) is 0 Å². The predicted molar refractivity (Wildman–Crippen MR) is 99.2 cm³/mol. The van der Waals surface area contributed by atoms with Gasteiger partial charge in [-0.15, -0.1) is 0 Å². The fourth-order valence-electron chi connectivity index (χ4n) is 2.17. The van der Waals surface area contributed by atoms with Gasteiger partial charge in [-0.3, -0.25) is 0 Å². The average Bonchev–Trinajstić information content (AvgIpc) is 2.53. The molecule has 0 aliphatic heterocycles. The molecule has 0 aromatic heterocycles. The molecule has 120 valence electrons. The van der Waals surface area contributed by atoms with Crippen LogP contribution in [0.1, 0.15) is 38.8 Å². The maximum atomic E-state index is 5.91. The first-order valence-corrected chi connectivity index (χ1v) is 8.15. The van der Waals surface area contributed by atoms with Crippen molar-refractivity contribution in [3.05, 3.63) is 83.0 Å². The lowest BCUT2D eigenvalue weighted by Gasteiger charge is -2.07. The minimum absolute atomic E-state index is 0.878. The lowest BCUT2D eigenvalue weighted by molar-refractivity contribution is 0.482. The standard InChI is InChI=1S/C22H26O/c1-17(2)5-7-19-9-13-21(14-10-19)23-22-15-11-20(12-16-22)8-6-18(3)4/h5-6,9-16H,7-8H2,1-4H3. The SMILES string of the molecule is CC(C)=CCc1ccc(Oc2ccc(CC=C(C)C)cc2)cc1. The second kappa shape index (κ2) is 8.38. The van der Waals surface area contributed by atoms with E-state index in [-0.39, 0.29) is 0 Å². The van der Waals surface area contributed by atoms with Crippen molar-refractivity contribution in [3.8, 4) is 11.5 Å². The Bertz CT molecular complexity index is 603. The van der Waals surface area contributed by atoms with Crippen LogP contribution in [0.3, 0.4) is 0 Å². The normalized spacial score (nSPS) is 10.1. The van der Waals surface area contributed by atoms with Crippen LogP contribution in [0.5, 0.6) is 11.5 Å². The molecule has 0 amide bonds. The topological polar surface area (TPSA) is 9.23 Å². The Labute approximate surface area is 140 Å². The maximum absolute atomic E-state index is 5.91. The summed E-state index contributed by atoms with van der Waals surface area (Å²) in [4.78, 5) is 0. The van der Waals surface area contributed by atoms with Crippen molar-refractivity contribution >= 4 is 0 Å². The largest absolute Gasteiger partial charge is 0.457 e. The zero-order valence-corrected chi connectivity index (χ0v) is 14.6. The molecule has 0 heterocycles. The summed E-state index contributed by atoms with van der Waals surface area (Å²) >= 11 is 0. The number of benzene rings is 2. The van der Waals surface area contributed by atoms with Gasteiger partial charge in [0.05, 0.1) is 0 Å². The number of hydrogen-bond donors (Lipinski definition) is 0. The third-order valence-electron chi connectivity index (χ3n) is 3.57. The van der Waals surface area contributed by atoms with Crippen molar-refractivity contribution in [2.75, 3.05) is 0 Å². The van der Waals surface area contributed by atoms with Gasteiger partial charge in [0.2, 0.25) is 0 Å². The second-order valence-electron chi connectivity index (χ2n) is 6.36. The molecule has 2 rings (SSSR count). The predicted octanol–water partition coefficient (Wildman–Crippen LogP) is 6.50. The molecule has 0 saturated carbocycles. The van der Waals surface area contributed by atoms with Crippen LogP contribution in [0.2, 0.25) is 0 Å². The van der Waals surface area contributed by atoms with Gasteiger partial charge in [-0.05, 0) is 75.9 Å². The lowest BCUT2D eigenvalue weighted by atomic mass is 10.1. The Morgan fingerprint density at radius 2 is 1.00 bits per heavy atom. The summed E-state index contributed by atoms with van der Waals surface area (Å²) in [6.07, 6.45) is 6.42. The number of hydrogen-bond acceptors (Lipinski definition) is 1. The summed E-state index contributed by atoms with van der Waals surface area (Å²) in [5, 5.41) is 0. The van der Waals surface area contributed by atoms with Gasteiger partial charge in [0.15, 0.2) is 0 Å². The van der Waals surface area contributed by atoms with Crippen molar-refractivity contribution in [2.24, 2.45) is 0 Å². The summed E-state index contributed by atoms with van der Waals surface area (Å²) < 4.78 is 5.91. The van der Waals surface area contributed by atoms with E-state index in [4.69, 9.17) is 4.74 Å². The van der Waals surface area contributed by atoms with Crippen molar-refractivity contribution < 1.29 is 4.74 Å². The van der Waals surface area contributed by atoms with Crippen molar-refractivity contribution in [1.29, 1.82) is 0 Å². The molecule has 0 fully saturated rings. The Morgan fingerprint density at radius 3 is 1.30 bits per heavy atom. The monoisotopic (exact) mass is 306 g/mol. The van der Waals surface area contributed by atoms with E-state index in [1.165, 1.54) is 22.3 Å². The zero-order valence-electron chi connectivity index (χ0n) is 14.6. The first-order valence-electron chi connectivity index (χ1n) is 8.15. The minimum atomic E-state index is 0.878. The third-order valence-corrected chi connectivity index (χ3v) is 3.57. The number of rotatable bonds is 6. The van der Waals surface area contributed by atoms with Crippen LogP contribution >= 0.6 is 0 Å². The van der Waals surface area contributed by atoms with Gasteiger partial charge >= 0.3 is 0 Å². The van der Waals surface area contributed by atoms with Gasteiger partial charge in [0, 0.05) is 0 Å². The average molecular weight is 306 g/mol. The fourth-order valence-corrected chi connectivity index (χ4v) is 2.17. The van der Waals surface area contributed by atoms with Crippen LogP contribution in [0.4, 0.5) is 0 Å². The van der Waals surface area contributed by atoms with Crippen molar-refractivity contribution in [1.82, 2.24) is 0 Å². The first kappa shape index (κ1) is 17.1. The molecular weight excluding hydrogens is 280 g/mol. The van der Waals surface area contributed by atoms with E-state index < -0.39 is 0 Å². The van der Waals surface area contributed by atoms with E-state index in [0.717, 1.165) is 24.3 Å². The van der Waals surface area contributed by atoms with E-state index in [1.54, 1.807) is 0 Å². The third kappa shape index (κ3) is 6.15. The van der Waals surface area contributed by atoms with Crippen LogP contribution in [0.15, 0.2) is 71.8 Å². The zero-order chi connectivity index (χ0) is 16.7. The highest BCUT2D eigenvalue weighted by Gasteiger charge is 1.99. The molecule has 0 unspecified atom stereocenters. The second-order valence-corrected chi connectivity index (χ2v) is 6.36. The molecule has 0 aliphatic carbocycles. The molecule has 2 aromatic rings. The van der Waals surface area contributed by atoms with Crippen LogP contribution in [-0.4, -0.2) is 0 Å². The van der Waals surface area contributed by atoms with Gasteiger partial charge in [-0.2, -0.15) is 0 Å². The fraction of sp³-hybridized carbons (Fsp3) is 0.273. The van der Waals surface area contributed by atoms with Crippen LogP contribution < -0.4 is 4.74 Å². The summed E-state index contributed by atoms with van der Waals surface area (Å²) in [7, 11) is 0. The number of ether oxygens (including phenoxy) is 1. The van der Waals surface area contributed by atoms with Crippen LogP contribution in [0, 0.1) is 0 Å². The van der Waals surface area contributed by atoms with E-state index >= 15 is 0 Å². The van der Waals surface area contributed by atoms with E-state index in [9.17, 15) is 0 Å². The lowest BCUT2D eigenvalue weighted by Crippen LogP contribution is -1.87. The summed E-state index contributed by atoms with van der Waals surface area (Å²) in [5.41, 5.74) is 5.29. The molecule has 0 atom stereocenters. The summed E-state index contributed by atoms with van der Waals surface area (Å²) in [6, 6.07) is 16.6. The smallest absolute Gasteiger partial charge is 0.127 e. The molecule has 0 N–H and O–H groups in total. The Balaban J connectivity index is 1.96. The van der Waals surface area contributed by atoms with Crippen LogP contribution in [0.25, 0.3) is 0 Å². The molecule has 1 heteroatoms. The van der Waals surface area contributed by atoms with E-state index in [0.29, 0.717) is 0 Å². The first-order chi connectivity index (χ1) is 11.0. The molecule has 0 spiro atoms. The molecule has 0 bridgehead atoms. The summed E-state index contributed by atoms with van der Waals surface area (Å²) in [6.45, 7) is 8.50. The molecule has 0 saturated heterocycles. The highest BCUT2D eigenvalue weighted by molar-refractivity contribution is 5.35. The highest BCUT2D eigenvalue weighted by Crippen LogP contribution is 2.22. The molecule has 1 nitrogen and oxygen atoms in total. The van der Waals surface area contributed by atoms with Gasteiger partial charge in [0.1, 0.15) is 11.5 Å². The molecule has 23 heavy (non-hydrogen) atoms. The molecular formula is C22H26O. The summed E-state index contributed by atoms with van der Waals surface area (Å²) in [5.74, 6) is 1.76. The molecule has 2 aromatic carbocycles. The van der Waals surface area contributed by atoms with Crippen LogP contribution in [-0.2, 0) is 12.8 Å². The van der Waals surface area contributed by atoms with Gasteiger partial charge in [-0.1, -0.05) is 47.6 Å².